The molecule has 0 bridgehead atoms. The molecule has 0 saturated heterocycles. The second-order valence-electron chi connectivity index (χ2n) is 8.53. The van der Waals surface area contributed by atoms with Gasteiger partial charge in [0.25, 0.3) is 11.8 Å². The van der Waals surface area contributed by atoms with Gasteiger partial charge < -0.3 is 36.4 Å². The maximum Gasteiger partial charge on any atom is 0.369 e. The first-order valence-corrected chi connectivity index (χ1v) is 11.2. The van der Waals surface area contributed by atoms with Crippen molar-refractivity contribution in [2.45, 2.75) is 18.9 Å². The number of ether oxygens (including phenoxy) is 1. The van der Waals surface area contributed by atoms with E-state index in [0.717, 1.165) is 31.2 Å². The molecular weight excluding hydrogens is 505 g/mol. The monoisotopic (exact) mass is 529 g/mol. The van der Waals surface area contributed by atoms with E-state index in [1.807, 2.05) is 0 Å². The number of nitrogens with two attached hydrogens (primary N) is 1. The summed E-state index contributed by atoms with van der Waals surface area (Å²) in [6, 6.07) is 4.79. The van der Waals surface area contributed by atoms with Gasteiger partial charge in [0.2, 0.25) is 5.91 Å². The molecule has 2 aromatic heterocycles. The molecule has 0 unspecified atom stereocenters. The first kappa shape index (κ1) is 26.5. The van der Waals surface area contributed by atoms with Crippen LogP contribution in [0.4, 0.5) is 21.6 Å². The van der Waals surface area contributed by atoms with Crippen LogP contribution >= 0.6 is 0 Å². The SMILES string of the molecule is COc1c(Nc2cc(NC(=O)C3CC3)ncc2C(=O)NC(O)(O)O)cc(F)cc1-c1cc(C(N)=O)n(C)n1. The number of hydrogen-bond donors (Lipinski definition) is 7. The van der Waals surface area contributed by atoms with Gasteiger partial charge in [-0.05, 0) is 25.0 Å². The van der Waals surface area contributed by atoms with Crippen LogP contribution in [-0.4, -0.2) is 61.0 Å². The molecule has 1 aliphatic carbocycles. The average Bonchev–Trinajstić information content (AvgIpc) is 3.59. The van der Waals surface area contributed by atoms with Crippen molar-refractivity contribution in [1.82, 2.24) is 20.1 Å². The molecule has 0 radical (unpaired) electrons. The number of methoxy groups -OCH3 is 1. The van der Waals surface area contributed by atoms with Gasteiger partial charge in [0.05, 0.1) is 29.7 Å². The maximum atomic E-state index is 14.8. The second-order valence-corrected chi connectivity index (χ2v) is 8.53. The Kier molecular flexibility index (Phi) is 6.99. The Labute approximate surface area is 214 Å². The summed E-state index contributed by atoms with van der Waals surface area (Å²) in [4.78, 5) is 40.5. The van der Waals surface area contributed by atoms with Crippen molar-refractivity contribution in [3.8, 4) is 17.0 Å². The molecule has 15 heteroatoms. The van der Waals surface area contributed by atoms with Gasteiger partial charge >= 0.3 is 6.10 Å². The van der Waals surface area contributed by atoms with E-state index in [-0.39, 0.29) is 57.3 Å². The highest BCUT2D eigenvalue weighted by atomic mass is 19.1. The molecule has 4 rings (SSSR count). The van der Waals surface area contributed by atoms with Crippen molar-refractivity contribution in [1.29, 1.82) is 0 Å². The van der Waals surface area contributed by atoms with Crippen molar-refractivity contribution < 1.29 is 38.8 Å². The van der Waals surface area contributed by atoms with Crippen molar-refractivity contribution >= 4 is 34.9 Å². The standard InChI is InChI=1S/C23H24FN7O7/c1-31-17(20(25)32)7-15(30-31)12-5-11(24)6-16(19(12)38-2)27-14-8-18(28-21(33)10-3-4-10)26-9-13(14)22(34)29-23(35,36)37/h5-10,35-37H,3-4H2,1-2H3,(H2,25,32)(H,29,34)(H2,26,27,28,33). The minimum Gasteiger partial charge on any atom is -0.494 e. The number of hydrogen-bond acceptors (Lipinski definition) is 10. The van der Waals surface area contributed by atoms with Gasteiger partial charge in [-0.1, -0.05) is 0 Å². The lowest BCUT2D eigenvalue weighted by atomic mass is 10.1. The summed E-state index contributed by atoms with van der Waals surface area (Å²) in [5.74, 6) is -2.96. The van der Waals surface area contributed by atoms with E-state index in [9.17, 15) is 34.1 Å². The van der Waals surface area contributed by atoms with Crippen molar-refractivity contribution in [3.05, 3.63) is 47.5 Å². The Morgan fingerprint density at radius 3 is 2.45 bits per heavy atom. The number of aryl methyl sites for hydroxylation is 1. The molecule has 3 aromatic rings. The van der Waals surface area contributed by atoms with Crippen LogP contribution in [0.1, 0.15) is 33.7 Å². The number of pyridine rings is 1. The van der Waals surface area contributed by atoms with Gasteiger partial charge in [0.1, 0.15) is 17.3 Å². The Hall–Kier alpha value is -4.60. The summed E-state index contributed by atoms with van der Waals surface area (Å²) in [5.41, 5.74) is 5.34. The van der Waals surface area contributed by atoms with Crippen molar-refractivity contribution in [3.63, 3.8) is 0 Å². The Balaban J connectivity index is 1.78. The largest absolute Gasteiger partial charge is 0.494 e. The topological polar surface area (TPSA) is 214 Å². The number of halogens is 1. The third-order valence-electron chi connectivity index (χ3n) is 5.56. The van der Waals surface area contributed by atoms with Gasteiger partial charge in [0.15, 0.2) is 5.75 Å². The van der Waals surface area contributed by atoms with E-state index in [2.05, 4.69) is 20.7 Å². The molecule has 1 fully saturated rings. The van der Waals surface area contributed by atoms with Crippen molar-refractivity contribution in [2.24, 2.45) is 18.7 Å². The predicted molar refractivity (Wildman–Crippen MR) is 129 cm³/mol. The van der Waals surface area contributed by atoms with Gasteiger partial charge in [-0.3, -0.25) is 24.4 Å². The number of rotatable bonds is 9. The van der Waals surface area contributed by atoms with E-state index < -0.39 is 23.7 Å². The molecular formula is C23H24FN7O7. The molecule has 0 aliphatic heterocycles. The van der Waals surface area contributed by atoms with Gasteiger partial charge in [-0.2, -0.15) is 5.10 Å². The number of anilines is 3. The zero-order valence-corrected chi connectivity index (χ0v) is 20.1. The number of benzene rings is 1. The first-order valence-electron chi connectivity index (χ1n) is 11.2. The fraction of sp³-hybridized carbons (Fsp3) is 0.261. The van der Waals surface area contributed by atoms with Crippen LogP contribution in [0.5, 0.6) is 5.75 Å². The Bertz CT molecular complexity index is 1430. The number of carbonyl (C=O) groups is 3. The minimum atomic E-state index is -3.53. The maximum absolute atomic E-state index is 14.8. The highest BCUT2D eigenvalue weighted by Gasteiger charge is 2.30. The second kappa shape index (κ2) is 10.0. The molecule has 14 nitrogen and oxygen atoms in total. The lowest BCUT2D eigenvalue weighted by molar-refractivity contribution is -0.323. The molecule has 0 spiro atoms. The van der Waals surface area contributed by atoms with Crippen LogP contribution in [0.3, 0.4) is 0 Å². The summed E-state index contributed by atoms with van der Waals surface area (Å²) in [6.07, 6.45) is -1.06. The fourth-order valence-corrected chi connectivity index (χ4v) is 3.67. The Morgan fingerprint density at radius 1 is 1.16 bits per heavy atom. The van der Waals surface area contributed by atoms with Crippen LogP contribution < -0.4 is 26.4 Å². The van der Waals surface area contributed by atoms with E-state index in [0.29, 0.717) is 0 Å². The van der Waals surface area contributed by atoms with Gasteiger partial charge in [0, 0.05) is 36.9 Å². The van der Waals surface area contributed by atoms with E-state index in [1.54, 1.807) is 5.32 Å². The predicted octanol–water partition coefficient (Wildman–Crippen LogP) is 0.139. The highest BCUT2D eigenvalue weighted by Crippen LogP contribution is 2.39. The van der Waals surface area contributed by atoms with E-state index >= 15 is 0 Å². The van der Waals surface area contributed by atoms with Crippen LogP contribution in [0, 0.1) is 11.7 Å². The van der Waals surface area contributed by atoms with Gasteiger partial charge in [-0.15, -0.1) is 0 Å². The quantitative estimate of drug-likeness (QED) is 0.186. The average molecular weight is 529 g/mol. The number of nitrogens with one attached hydrogen (secondary N) is 3. The zero-order chi connectivity index (χ0) is 27.8. The number of aliphatic hydroxyl groups is 3. The minimum absolute atomic E-state index is 0.00300. The molecule has 1 aliphatic rings. The zero-order valence-electron chi connectivity index (χ0n) is 20.1. The summed E-state index contributed by atoms with van der Waals surface area (Å²) in [6.45, 7) is 0. The van der Waals surface area contributed by atoms with Gasteiger partial charge in [-0.25, -0.2) is 9.37 Å². The van der Waals surface area contributed by atoms with Crippen LogP contribution in [0.15, 0.2) is 30.5 Å². The van der Waals surface area contributed by atoms with Crippen LogP contribution in [0.2, 0.25) is 0 Å². The van der Waals surface area contributed by atoms with E-state index in [4.69, 9.17) is 10.5 Å². The lowest BCUT2D eigenvalue weighted by Crippen LogP contribution is -2.48. The lowest BCUT2D eigenvalue weighted by Gasteiger charge is -2.19. The summed E-state index contributed by atoms with van der Waals surface area (Å²) in [7, 11) is 2.79. The number of nitrogens with zero attached hydrogens (tertiary/aromatic N) is 3. The third kappa shape index (κ3) is 5.86. The molecule has 200 valence electrons. The Morgan fingerprint density at radius 2 is 1.87 bits per heavy atom. The molecule has 38 heavy (non-hydrogen) atoms. The summed E-state index contributed by atoms with van der Waals surface area (Å²) < 4.78 is 21.5. The molecule has 1 aromatic carbocycles. The normalized spacial score (nSPS) is 13.1. The molecule has 0 atom stereocenters. The fourth-order valence-electron chi connectivity index (χ4n) is 3.67. The van der Waals surface area contributed by atoms with E-state index in [1.165, 1.54) is 31.0 Å². The van der Waals surface area contributed by atoms with Crippen LogP contribution in [0.25, 0.3) is 11.3 Å². The first-order chi connectivity index (χ1) is 17.9. The summed E-state index contributed by atoms with van der Waals surface area (Å²) in [5, 5.41) is 38.7. The number of carbonyl (C=O) groups excluding carboxylic acids is 3. The number of primary amides is 1. The molecule has 3 amide bonds. The number of amides is 3. The molecule has 2 heterocycles. The van der Waals surface area contributed by atoms with Crippen molar-refractivity contribution in [2.75, 3.05) is 17.7 Å². The van der Waals surface area contributed by atoms with Crippen LogP contribution in [-0.2, 0) is 11.8 Å². The smallest absolute Gasteiger partial charge is 0.369 e. The summed E-state index contributed by atoms with van der Waals surface area (Å²) >= 11 is 0. The number of aromatic nitrogens is 3. The molecule has 8 N–H and O–H groups in total. The molecule has 1 saturated carbocycles. The highest BCUT2D eigenvalue weighted by molar-refractivity contribution is 6.02. The third-order valence-corrected chi connectivity index (χ3v) is 5.56.